The molecule has 0 spiro atoms. The van der Waals surface area contributed by atoms with Crippen LogP contribution < -0.4 is 4.90 Å². The van der Waals surface area contributed by atoms with Gasteiger partial charge in [-0.3, -0.25) is 0 Å². The normalized spacial score (nSPS) is 17.9. The van der Waals surface area contributed by atoms with Crippen molar-refractivity contribution >= 4 is 34.8 Å². The molecule has 0 bridgehead atoms. The van der Waals surface area contributed by atoms with Gasteiger partial charge in [-0.05, 0) is 48.2 Å². The highest BCUT2D eigenvalue weighted by atomic mass is 35.5. The molecule has 6 heteroatoms. The van der Waals surface area contributed by atoms with E-state index in [-0.39, 0.29) is 16.6 Å². The molecule has 0 amide bonds. The number of benzene rings is 1. The number of rotatable bonds is 1. The summed E-state index contributed by atoms with van der Waals surface area (Å²) in [6, 6.07) is 8.45. The van der Waals surface area contributed by atoms with Crippen LogP contribution in [0.2, 0.25) is 10.6 Å². The number of nitrogens with zero attached hydrogens (tertiary/aromatic N) is 4. The minimum Gasteiger partial charge on any atom is -0.307 e. The minimum atomic E-state index is 0.113. The Kier molecular flexibility index (Phi) is 2.84. The number of halogens is 2. The van der Waals surface area contributed by atoms with Gasteiger partial charge in [0, 0.05) is 11.7 Å². The monoisotopic (exact) mass is 280 g/mol. The molecule has 1 atom stereocenters. The Balaban J connectivity index is 2.11. The van der Waals surface area contributed by atoms with Crippen molar-refractivity contribution in [3.8, 4) is 0 Å². The average molecular weight is 281 g/mol. The molecule has 1 unspecified atom stereocenters. The van der Waals surface area contributed by atoms with Crippen LogP contribution in [0.3, 0.4) is 0 Å². The van der Waals surface area contributed by atoms with Crippen molar-refractivity contribution in [2.75, 3.05) is 4.90 Å². The van der Waals surface area contributed by atoms with E-state index in [0.717, 1.165) is 12.1 Å². The van der Waals surface area contributed by atoms with E-state index >= 15 is 0 Å². The molecular weight excluding hydrogens is 271 g/mol. The molecule has 2 aromatic rings. The van der Waals surface area contributed by atoms with Gasteiger partial charge in [0.25, 0.3) is 0 Å². The predicted molar refractivity (Wildman–Crippen MR) is 71.6 cm³/mol. The maximum absolute atomic E-state index is 5.83. The largest absolute Gasteiger partial charge is 0.307 e. The van der Waals surface area contributed by atoms with E-state index in [4.69, 9.17) is 23.2 Å². The van der Waals surface area contributed by atoms with Gasteiger partial charge in [-0.15, -0.1) is 0 Å². The average Bonchev–Trinajstić information content (AvgIpc) is 2.63. The Hall–Kier alpha value is -1.39. The van der Waals surface area contributed by atoms with E-state index in [1.54, 1.807) is 0 Å². The predicted octanol–water partition coefficient (Wildman–Crippen LogP) is 3.26. The summed E-state index contributed by atoms with van der Waals surface area (Å²) in [6.07, 6.45) is 0.955. The molecule has 0 saturated heterocycles. The summed E-state index contributed by atoms with van der Waals surface area (Å²) in [5.41, 5.74) is 2.38. The number of para-hydroxylation sites is 1. The van der Waals surface area contributed by atoms with Crippen molar-refractivity contribution < 1.29 is 0 Å². The van der Waals surface area contributed by atoms with E-state index in [9.17, 15) is 0 Å². The van der Waals surface area contributed by atoms with Gasteiger partial charge >= 0.3 is 0 Å². The first-order valence-electron chi connectivity index (χ1n) is 5.59. The standard InChI is InChI=1S/C12H10Cl2N4/c1-7-6-8-4-2-3-5-9(8)18(7)12-16-10(13)15-11(14)17-12/h2-5,7H,6H2,1H3. The molecular formula is C12H10Cl2N4. The summed E-state index contributed by atoms with van der Waals surface area (Å²) < 4.78 is 0. The molecule has 0 saturated carbocycles. The molecule has 4 nitrogen and oxygen atoms in total. The third-order valence-corrected chi connectivity index (χ3v) is 3.33. The van der Waals surface area contributed by atoms with Crippen LogP contribution in [0.5, 0.6) is 0 Å². The lowest BCUT2D eigenvalue weighted by Gasteiger charge is -2.22. The summed E-state index contributed by atoms with van der Waals surface area (Å²) >= 11 is 11.7. The molecule has 0 radical (unpaired) electrons. The molecule has 3 rings (SSSR count). The van der Waals surface area contributed by atoms with Crippen molar-refractivity contribution in [1.82, 2.24) is 15.0 Å². The van der Waals surface area contributed by atoms with Crippen molar-refractivity contribution in [3.63, 3.8) is 0 Å². The van der Waals surface area contributed by atoms with E-state index in [2.05, 4.69) is 27.9 Å². The van der Waals surface area contributed by atoms with E-state index in [1.165, 1.54) is 5.56 Å². The van der Waals surface area contributed by atoms with Crippen molar-refractivity contribution in [1.29, 1.82) is 0 Å². The third-order valence-electron chi connectivity index (χ3n) is 2.99. The Labute approximate surface area is 115 Å². The van der Waals surface area contributed by atoms with Gasteiger partial charge in [-0.2, -0.15) is 15.0 Å². The molecule has 0 fully saturated rings. The van der Waals surface area contributed by atoms with Crippen LogP contribution in [0.15, 0.2) is 24.3 Å². The zero-order chi connectivity index (χ0) is 12.7. The highest BCUT2D eigenvalue weighted by Crippen LogP contribution is 2.36. The van der Waals surface area contributed by atoms with Crippen LogP contribution in [0.1, 0.15) is 12.5 Å². The Morgan fingerprint density at radius 1 is 1.11 bits per heavy atom. The minimum absolute atomic E-state index is 0.113. The summed E-state index contributed by atoms with van der Waals surface area (Å²) in [6.45, 7) is 2.12. The fraction of sp³-hybridized carbons (Fsp3) is 0.250. The molecule has 2 heterocycles. The molecule has 1 aromatic carbocycles. The highest BCUT2D eigenvalue weighted by molar-refractivity contribution is 6.31. The van der Waals surface area contributed by atoms with Crippen LogP contribution in [0, 0.1) is 0 Å². The molecule has 92 valence electrons. The summed E-state index contributed by atoms with van der Waals surface area (Å²) in [5.74, 6) is 0.498. The van der Waals surface area contributed by atoms with Gasteiger partial charge < -0.3 is 4.90 Å². The molecule has 0 N–H and O–H groups in total. The van der Waals surface area contributed by atoms with Gasteiger partial charge in [0.1, 0.15) is 0 Å². The van der Waals surface area contributed by atoms with E-state index < -0.39 is 0 Å². The lowest BCUT2D eigenvalue weighted by molar-refractivity contribution is 0.736. The van der Waals surface area contributed by atoms with Gasteiger partial charge in [-0.25, -0.2) is 0 Å². The van der Waals surface area contributed by atoms with E-state index in [1.807, 2.05) is 23.1 Å². The van der Waals surface area contributed by atoms with E-state index in [0.29, 0.717) is 5.95 Å². The maximum Gasteiger partial charge on any atom is 0.235 e. The second kappa shape index (κ2) is 4.37. The van der Waals surface area contributed by atoms with Gasteiger partial charge in [-0.1, -0.05) is 18.2 Å². The second-order valence-electron chi connectivity index (χ2n) is 4.23. The highest BCUT2D eigenvalue weighted by Gasteiger charge is 2.29. The zero-order valence-corrected chi connectivity index (χ0v) is 11.2. The SMILES string of the molecule is CC1Cc2ccccc2N1c1nc(Cl)nc(Cl)n1. The lowest BCUT2D eigenvalue weighted by atomic mass is 10.1. The van der Waals surface area contributed by atoms with Crippen LogP contribution >= 0.6 is 23.2 Å². The Morgan fingerprint density at radius 3 is 2.50 bits per heavy atom. The summed E-state index contributed by atoms with van der Waals surface area (Å²) in [4.78, 5) is 14.1. The third kappa shape index (κ3) is 1.91. The molecule has 1 aliphatic rings. The Bertz CT molecular complexity index is 582. The Morgan fingerprint density at radius 2 is 1.78 bits per heavy atom. The number of anilines is 2. The number of fused-ring (bicyclic) bond motifs is 1. The molecule has 1 aromatic heterocycles. The summed E-state index contributed by atoms with van der Waals surface area (Å²) in [5, 5.41) is 0.225. The fourth-order valence-corrected chi connectivity index (χ4v) is 2.65. The van der Waals surface area contributed by atoms with Crippen LogP contribution in [-0.4, -0.2) is 21.0 Å². The topological polar surface area (TPSA) is 41.9 Å². The maximum atomic E-state index is 5.83. The molecule has 1 aliphatic heterocycles. The first-order valence-corrected chi connectivity index (χ1v) is 6.35. The lowest BCUT2D eigenvalue weighted by Crippen LogP contribution is -2.26. The van der Waals surface area contributed by atoms with Gasteiger partial charge in [0.15, 0.2) is 0 Å². The zero-order valence-electron chi connectivity index (χ0n) is 9.64. The first-order chi connectivity index (χ1) is 8.65. The second-order valence-corrected chi connectivity index (χ2v) is 4.90. The van der Waals surface area contributed by atoms with Crippen molar-refractivity contribution in [3.05, 3.63) is 40.4 Å². The van der Waals surface area contributed by atoms with Gasteiger partial charge in [0.05, 0.1) is 0 Å². The molecule has 18 heavy (non-hydrogen) atoms. The smallest absolute Gasteiger partial charge is 0.235 e. The van der Waals surface area contributed by atoms with Crippen molar-refractivity contribution in [2.24, 2.45) is 0 Å². The van der Waals surface area contributed by atoms with Crippen LogP contribution in [0.4, 0.5) is 11.6 Å². The van der Waals surface area contributed by atoms with Crippen LogP contribution in [0.25, 0.3) is 0 Å². The number of hydrogen-bond acceptors (Lipinski definition) is 4. The van der Waals surface area contributed by atoms with Gasteiger partial charge in [0.2, 0.25) is 16.5 Å². The number of hydrogen-bond donors (Lipinski definition) is 0. The van der Waals surface area contributed by atoms with Crippen molar-refractivity contribution in [2.45, 2.75) is 19.4 Å². The molecule has 0 aliphatic carbocycles. The number of aromatic nitrogens is 3. The fourth-order valence-electron chi connectivity index (χ4n) is 2.29. The first kappa shape index (κ1) is 11.7. The summed E-state index contributed by atoms with van der Waals surface area (Å²) in [7, 11) is 0. The van der Waals surface area contributed by atoms with Crippen LogP contribution in [-0.2, 0) is 6.42 Å². The quantitative estimate of drug-likeness (QED) is 0.804.